The summed E-state index contributed by atoms with van der Waals surface area (Å²) < 4.78 is 76.9. The monoisotopic (exact) mass is 407 g/mol. The Morgan fingerprint density at radius 2 is 1.89 bits per heavy atom. The van der Waals surface area contributed by atoms with Gasteiger partial charge in [0.05, 0.1) is 23.7 Å². The highest BCUT2D eigenvalue weighted by Crippen LogP contribution is 2.33. The average molecular weight is 407 g/mol. The summed E-state index contributed by atoms with van der Waals surface area (Å²) in [5.41, 5.74) is -4.66. The molecule has 2 N–H and O–H groups in total. The second-order valence-electron chi connectivity index (χ2n) is 5.86. The number of carbonyl (C=O) groups excluding carboxylic acids is 1. The molecular weight excluding hydrogens is 396 g/mol. The Labute approximate surface area is 153 Å². The van der Waals surface area contributed by atoms with Gasteiger partial charge in [-0.25, -0.2) is 9.67 Å². The van der Waals surface area contributed by atoms with Crippen LogP contribution in [0.4, 0.5) is 32.0 Å². The molecule has 13 heteroatoms. The number of aromatic nitrogens is 3. The van der Waals surface area contributed by atoms with E-state index in [-0.39, 0.29) is 5.69 Å². The molecule has 2 rings (SSSR count). The molecule has 7 nitrogen and oxygen atoms in total. The van der Waals surface area contributed by atoms with Crippen LogP contribution in [0.25, 0.3) is 0 Å². The van der Waals surface area contributed by atoms with Crippen LogP contribution in [0.5, 0.6) is 0 Å². The number of amides is 1. The lowest BCUT2D eigenvalue weighted by Gasteiger charge is -2.22. The number of aliphatic hydroxyl groups is 1. The normalized spacial score (nSPS) is 14.2. The lowest BCUT2D eigenvalue weighted by Crippen LogP contribution is -2.44. The lowest BCUT2D eigenvalue weighted by molar-refractivity contribution is -0.145. The van der Waals surface area contributed by atoms with Crippen LogP contribution in [-0.4, -0.2) is 31.4 Å². The van der Waals surface area contributed by atoms with E-state index < -0.39 is 47.4 Å². The fraction of sp³-hybridized carbons (Fsp3) is 0.333. The quantitative estimate of drug-likeness (QED) is 0.759. The molecule has 0 unspecified atom stereocenters. The minimum atomic E-state index is -4.86. The first kappa shape index (κ1) is 21.2. The van der Waals surface area contributed by atoms with Gasteiger partial charge in [-0.3, -0.25) is 4.79 Å². The van der Waals surface area contributed by atoms with Gasteiger partial charge in [0.1, 0.15) is 6.33 Å². The summed E-state index contributed by atoms with van der Waals surface area (Å²) in [6, 6.07) is 3.72. The van der Waals surface area contributed by atoms with E-state index in [4.69, 9.17) is 5.26 Å². The van der Waals surface area contributed by atoms with Gasteiger partial charge in [-0.15, -0.1) is 5.10 Å². The molecule has 1 atom stereocenters. The highest BCUT2D eigenvalue weighted by atomic mass is 19.4. The van der Waals surface area contributed by atoms with E-state index in [0.717, 1.165) is 19.1 Å². The molecule has 1 aromatic carbocycles. The van der Waals surface area contributed by atoms with Crippen molar-refractivity contribution in [1.82, 2.24) is 14.8 Å². The molecule has 0 aliphatic carbocycles. The van der Waals surface area contributed by atoms with Crippen LogP contribution in [0.2, 0.25) is 0 Å². The van der Waals surface area contributed by atoms with Crippen LogP contribution < -0.4 is 5.32 Å². The van der Waals surface area contributed by atoms with Crippen molar-refractivity contribution in [1.29, 1.82) is 5.26 Å². The predicted octanol–water partition coefficient (Wildman–Crippen LogP) is 2.58. The Kier molecular flexibility index (Phi) is 5.38. The number of nitriles is 1. The molecule has 0 saturated heterocycles. The van der Waals surface area contributed by atoms with Crippen LogP contribution in [0.1, 0.15) is 23.9 Å². The van der Waals surface area contributed by atoms with Crippen molar-refractivity contribution in [2.45, 2.75) is 31.4 Å². The number of nitrogens with one attached hydrogen (secondary N) is 1. The average Bonchev–Trinajstić information content (AvgIpc) is 3.02. The van der Waals surface area contributed by atoms with E-state index in [1.807, 2.05) is 5.32 Å². The van der Waals surface area contributed by atoms with Crippen molar-refractivity contribution in [3.8, 4) is 6.07 Å². The van der Waals surface area contributed by atoms with Crippen molar-refractivity contribution >= 4 is 11.6 Å². The summed E-state index contributed by atoms with van der Waals surface area (Å²) in [6.45, 7) is 0.190. The predicted molar refractivity (Wildman–Crippen MR) is 80.4 cm³/mol. The van der Waals surface area contributed by atoms with Crippen LogP contribution >= 0.6 is 0 Å². The van der Waals surface area contributed by atoms with Crippen molar-refractivity contribution in [2.75, 3.05) is 5.32 Å². The van der Waals surface area contributed by atoms with E-state index in [0.29, 0.717) is 17.1 Å². The van der Waals surface area contributed by atoms with Crippen LogP contribution in [-0.2, 0) is 23.7 Å². The first-order valence-corrected chi connectivity index (χ1v) is 7.36. The van der Waals surface area contributed by atoms with Crippen molar-refractivity contribution < 1.29 is 36.2 Å². The maximum absolute atomic E-state index is 12.9. The molecule has 0 spiro atoms. The third-order valence-electron chi connectivity index (χ3n) is 3.45. The fourth-order valence-electron chi connectivity index (χ4n) is 2.11. The molecule has 28 heavy (non-hydrogen) atoms. The number of carbonyl (C=O) groups is 1. The van der Waals surface area contributed by atoms with Crippen LogP contribution in [0, 0.1) is 11.3 Å². The summed E-state index contributed by atoms with van der Waals surface area (Å²) in [7, 11) is 0. The van der Waals surface area contributed by atoms with Crippen LogP contribution in [0.15, 0.2) is 24.5 Å². The second kappa shape index (κ2) is 7.12. The molecule has 2 aromatic rings. The standard InChI is InChI=1S/C15H11F6N5O2/c1-13(28,6-26-7-23-11(25-26)15(19,20)21)12(27)24-9-3-2-8(5-22)10(4-9)14(16,17)18/h2-4,7,28H,6H2,1H3,(H,24,27)/t13-/m0/s1. The van der Waals surface area contributed by atoms with Crippen molar-refractivity contribution in [3.05, 3.63) is 41.5 Å². The Bertz CT molecular complexity index is 926. The van der Waals surface area contributed by atoms with Gasteiger partial charge in [0.15, 0.2) is 5.60 Å². The Balaban J connectivity index is 2.19. The van der Waals surface area contributed by atoms with Crippen LogP contribution in [0.3, 0.4) is 0 Å². The number of alkyl halides is 6. The summed E-state index contributed by atoms with van der Waals surface area (Å²) in [5.74, 6) is -2.68. The topological polar surface area (TPSA) is 104 Å². The summed E-state index contributed by atoms with van der Waals surface area (Å²) in [5, 5.41) is 24.0. The highest BCUT2D eigenvalue weighted by molar-refractivity contribution is 5.96. The number of nitrogens with zero attached hydrogens (tertiary/aromatic N) is 4. The van der Waals surface area contributed by atoms with E-state index in [2.05, 4.69) is 10.1 Å². The third-order valence-corrected chi connectivity index (χ3v) is 3.45. The van der Waals surface area contributed by atoms with Gasteiger partial charge in [-0.1, -0.05) is 0 Å². The molecule has 0 aliphatic heterocycles. The Morgan fingerprint density at radius 3 is 2.39 bits per heavy atom. The minimum absolute atomic E-state index is 0.369. The molecule has 0 bridgehead atoms. The summed E-state index contributed by atoms with van der Waals surface area (Å²) in [6.07, 6.45) is -9.03. The summed E-state index contributed by atoms with van der Waals surface area (Å²) >= 11 is 0. The van der Waals surface area contributed by atoms with Gasteiger partial charge in [0.25, 0.3) is 11.7 Å². The number of benzene rings is 1. The maximum atomic E-state index is 12.9. The van der Waals surface area contributed by atoms with Gasteiger partial charge in [-0.2, -0.15) is 31.6 Å². The molecule has 0 fully saturated rings. The summed E-state index contributed by atoms with van der Waals surface area (Å²) in [4.78, 5) is 15.2. The Morgan fingerprint density at radius 1 is 1.25 bits per heavy atom. The van der Waals surface area contributed by atoms with E-state index in [1.165, 1.54) is 6.07 Å². The highest BCUT2D eigenvalue weighted by Gasteiger charge is 2.38. The van der Waals surface area contributed by atoms with Crippen molar-refractivity contribution in [3.63, 3.8) is 0 Å². The van der Waals surface area contributed by atoms with E-state index in [9.17, 15) is 36.2 Å². The van der Waals surface area contributed by atoms with Crippen molar-refractivity contribution in [2.24, 2.45) is 0 Å². The lowest BCUT2D eigenvalue weighted by atomic mass is 10.0. The van der Waals surface area contributed by atoms with E-state index in [1.54, 1.807) is 0 Å². The van der Waals surface area contributed by atoms with E-state index >= 15 is 0 Å². The molecule has 150 valence electrons. The SMILES string of the molecule is C[C@](O)(Cn1cnc(C(F)(F)F)n1)C(=O)Nc1ccc(C#N)c(C(F)(F)F)c1. The first-order valence-electron chi connectivity index (χ1n) is 7.36. The molecule has 1 heterocycles. The van der Waals surface area contributed by atoms with Gasteiger partial charge in [0.2, 0.25) is 0 Å². The zero-order valence-corrected chi connectivity index (χ0v) is 13.9. The third kappa shape index (κ3) is 4.77. The molecule has 1 amide bonds. The van der Waals surface area contributed by atoms with Gasteiger partial charge < -0.3 is 10.4 Å². The zero-order chi connectivity index (χ0) is 21.3. The maximum Gasteiger partial charge on any atom is 0.453 e. The Hall–Kier alpha value is -3.14. The fourth-order valence-corrected chi connectivity index (χ4v) is 2.11. The molecule has 0 aliphatic rings. The molecule has 0 radical (unpaired) electrons. The van der Waals surface area contributed by atoms with Gasteiger partial charge in [0, 0.05) is 5.69 Å². The smallest absolute Gasteiger partial charge is 0.378 e. The molecule has 1 aromatic heterocycles. The number of halogens is 6. The number of anilines is 1. The zero-order valence-electron chi connectivity index (χ0n) is 13.9. The number of rotatable bonds is 4. The minimum Gasteiger partial charge on any atom is -0.378 e. The largest absolute Gasteiger partial charge is 0.453 e. The number of hydrogen-bond acceptors (Lipinski definition) is 5. The second-order valence-corrected chi connectivity index (χ2v) is 5.86. The molecule has 0 saturated carbocycles. The first-order chi connectivity index (χ1) is 12.7. The molecular formula is C15H11F6N5O2. The van der Waals surface area contributed by atoms with Gasteiger partial charge in [-0.05, 0) is 25.1 Å². The number of hydrogen-bond donors (Lipinski definition) is 2. The van der Waals surface area contributed by atoms with Gasteiger partial charge >= 0.3 is 12.4 Å².